The summed E-state index contributed by atoms with van der Waals surface area (Å²) in [6, 6.07) is 14.3. The molecule has 0 aromatic heterocycles. The van der Waals surface area contributed by atoms with Crippen LogP contribution in [0.5, 0.6) is 5.75 Å². The molecule has 0 spiro atoms. The Kier molecular flexibility index (Phi) is 7.25. The lowest BCUT2D eigenvalue weighted by Gasteiger charge is -2.14. The monoisotopic (exact) mass is 397 g/mol. The summed E-state index contributed by atoms with van der Waals surface area (Å²) in [4.78, 5) is 24.6. The summed E-state index contributed by atoms with van der Waals surface area (Å²) >= 11 is 0. The predicted molar refractivity (Wildman–Crippen MR) is 110 cm³/mol. The van der Waals surface area contributed by atoms with Crippen molar-refractivity contribution < 1.29 is 23.8 Å². The average molecular weight is 397 g/mol. The molecule has 6 nitrogen and oxygen atoms in total. The molecule has 1 heterocycles. The van der Waals surface area contributed by atoms with Crippen LogP contribution in [0, 0.1) is 0 Å². The molecule has 2 atom stereocenters. The lowest BCUT2D eigenvalue weighted by atomic mass is 10.1. The van der Waals surface area contributed by atoms with Crippen LogP contribution in [0.3, 0.4) is 0 Å². The smallest absolute Gasteiger partial charge is 0.338 e. The minimum atomic E-state index is -0.913. The number of rotatable bonds is 8. The Morgan fingerprint density at radius 2 is 1.86 bits per heavy atom. The topological polar surface area (TPSA) is 73.9 Å². The van der Waals surface area contributed by atoms with E-state index in [4.69, 9.17) is 14.2 Å². The largest absolute Gasteiger partial charge is 0.491 e. The lowest BCUT2D eigenvalue weighted by molar-refractivity contribution is -0.123. The summed E-state index contributed by atoms with van der Waals surface area (Å²) in [5.41, 5.74) is 2.22. The Labute approximate surface area is 171 Å². The summed E-state index contributed by atoms with van der Waals surface area (Å²) in [5.74, 6) is -0.267. The van der Waals surface area contributed by atoms with Crippen molar-refractivity contribution in [2.45, 2.75) is 45.3 Å². The summed E-state index contributed by atoms with van der Waals surface area (Å²) in [7, 11) is 0. The van der Waals surface area contributed by atoms with Crippen molar-refractivity contribution in [3.8, 4) is 5.75 Å². The molecule has 154 valence electrons. The first-order chi connectivity index (χ1) is 14.0. The number of amides is 1. The van der Waals surface area contributed by atoms with Crippen molar-refractivity contribution in [3.63, 3.8) is 0 Å². The average Bonchev–Trinajstić information content (AvgIpc) is 3.26. The van der Waals surface area contributed by atoms with E-state index in [-0.39, 0.29) is 12.0 Å². The number of hydrogen-bond acceptors (Lipinski definition) is 5. The second-order valence-electron chi connectivity index (χ2n) is 7.06. The van der Waals surface area contributed by atoms with Gasteiger partial charge in [0.05, 0.1) is 11.7 Å². The number of nitrogens with one attached hydrogen (secondary N) is 1. The molecule has 1 N–H and O–H groups in total. The van der Waals surface area contributed by atoms with Gasteiger partial charge in [0.15, 0.2) is 6.10 Å². The van der Waals surface area contributed by atoms with Crippen LogP contribution in [0.25, 0.3) is 0 Å². The van der Waals surface area contributed by atoms with Crippen LogP contribution < -0.4 is 10.1 Å². The van der Waals surface area contributed by atoms with Gasteiger partial charge in [0.2, 0.25) is 0 Å². The number of carbonyl (C=O) groups is 2. The van der Waals surface area contributed by atoms with Crippen LogP contribution in [0.4, 0.5) is 5.69 Å². The number of carbonyl (C=O) groups excluding carboxylic acids is 2. The normalized spacial score (nSPS) is 16.8. The molecule has 3 rings (SSSR count). The molecular weight excluding hydrogens is 370 g/mol. The maximum absolute atomic E-state index is 12.3. The molecule has 1 fully saturated rings. The number of benzene rings is 2. The van der Waals surface area contributed by atoms with E-state index in [1.54, 1.807) is 31.2 Å². The lowest BCUT2D eigenvalue weighted by Crippen LogP contribution is -2.30. The zero-order valence-electron chi connectivity index (χ0n) is 16.9. The van der Waals surface area contributed by atoms with Gasteiger partial charge in [-0.05, 0) is 68.1 Å². The molecular formula is C23H27NO5. The van der Waals surface area contributed by atoms with Gasteiger partial charge in [-0.25, -0.2) is 4.79 Å². The third-order valence-electron chi connectivity index (χ3n) is 4.83. The zero-order valence-corrected chi connectivity index (χ0v) is 16.9. The van der Waals surface area contributed by atoms with E-state index in [1.165, 1.54) is 5.56 Å². The minimum absolute atomic E-state index is 0.136. The van der Waals surface area contributed by atoms with E-state index in [2.05, 4.69) is 12.2 Å². The third-order valence-corrected chi connectivity index (χ3v) is 4.83. The van der Waals surface area contributed by atoms with Gasteiger partial charge in [0.1, 0.15) is 12.4 Å². The SMILES string of the molecule is CCc1ccc(NC(=O)[C@H](C)OC(=O)c2ccc(OC[C@H]3CCCO3)cc2)cc1. The maximum Gasteiger partial charge on any atom is 0.338 e. The summed E-state index contributed by atoms with van der Waals surface area (Å²) in [6.45, 7) is 4.90. The molecule has 2 aromatic carbocycles. The van der Waals surface area contributed by atoms with Crippen molar-refractivity contribution in [2.75, 3.05) is 18.5 Å². The molecule has 1 saturated heterocycles. The number of esters is 1. The summed E-state index contributed by atoms with van der Waals surface area (Å²) < 4.78 is 16.5. The van der Waals surface area contributed by atoms with E-state index in [0.717, 1.165) is 25.9 Å². The Bertz CT molecular complexity index is 810. The first kappa shape index (κ1) is 20.9. The first-order valence-electron chi connectivity index (χ1n) is 10.0. The molecule has 0 saturated carbocycles. The molecule has 1 aliphatic heterocycles. The van der Waals surface area contributed by atoms with Crippen molar-refractivity contribution in [2.24, 2.45) is 0 Å². The highest BCUT2D eigenvalue weighted by atomic mass is 16.5. The van der Waals surface area contributed by atoms with Crippen molar-refractivity contribution in [3.05, 3.63) is 59.7 Å². The summed E-state index contributed by atoms with van der Waals surface area (Å²) in [5, 5.41) is 2.75. The summed E-state index contributed by atoms with van der Waals surface area (Å²) in [6.07, 6.45) is 2.23. The molecule has 2 aromatic rings. The molecule has 0 bridgehead atoms. The standard InChI is InChI=1S/C23H27NO5/c1-3-17-6-10-19(11-7-17)24-22(25)16(2)29-23(26)18-8-12-20(13-9-18)28-15-21-5-4-14-27-21/h6-13,16,21H,3-5,14-15H2,1-2H3,(H,24,25)/t16-,21+/m0/s1. The predicted octanol–water partition coefficient (Wildman–Crippen LogP) is 3.99. The minimum Gasteiger partial charge on any atom is -0.491 e. The zero-order chi connectivity index (χ0) is 20.6. The Balaban J connectivity index is 1.48. The van der Waals surface area contributed by atoms with Gasteiger partial charge in [0.25, 0.3) is 5.91 Å². The molecule has 1 amide bonds. The van der Waals surface area contributed by atoms with Gasteiger partial charge >= 0.3 is 5.97 Å². The van der Waals surface area contributed by atoms with E-state index in [9.17, 15) is 9.59 Å². The molecule has 6 heteroatoms. The Morgan fingerprint density at radius 3 is 2.48 bits per heavy atom. The number of hydrogen-bond donors (Lipinski definition) is 1. The molecule has 1 aliphatic rings. The number of anilines is 1. The molecule has 0 unspecified atom stereocenters. The van der Waals surface area contributed by atoms with Crippen molar-refractivity contribution >= 4 is 17.6 Å². The van der Waals surface area contributed by atoms with Crippen LogP contribution in [0.2, 0.25) is 0 Å². The highest BCUT2D eigenvalue weighted by Crippen LogP contribution is 2.17. The van der Waals surface area contributed by atoms with Gasteiger partial charge in [-0.2, -0.15) is 0 Å². The highest BCUT2D eigenvalue weighted by Gasteiger charge is 2.20. The molecule has 0 aliphatic carbocycles. The molecule has 0 radical (unpaired) electrons. The van der Waals surface area contributed by atoms with Gasteiger partial charge in [-0.1, -0.05) is 19.1 Å². The first-order valence-corrected chi connectivity index (χ1v) is 10.0. The van der Waals surface area contributed by atoms with Crippen LogP contribution >= 0.6 is 0 Å². The van der Waals surface area contributed by atoms with Gasteiger partial charge in [0, 0.05) is 12.3 Å². The third kappa shape index (κ3) is 6.06. The fraction of sp³-hybridized carbons (Fsp3) is 0.391. The van der Waals surface area contributed by atoms with Crippen LogP contribution in [-0.2, 0) is 20.7 Å². The van der Waals surface area contributed by atoms with Gasteiger partial charge < -0.3 is 19.5 Å². The Morgan fingerprint density at radius 1 is 1.14 bits per heavy atom. The fourth-order valence-electron chi connectivity index (χ4n) is 3.00. The molecule has 29 heavy (non-hydrogen) atoms. The van der Waals surface area contributed by atoms with Gasteiger partial charge in [-0.15, -0.1) is 0 Å². The fourth-order valence-corrected chi connectivity index (χ4v) is 3.00. The number of aryl methyl sites for hydroxylation is 1. The quantitative estimate of drug-likeness (QED) is 0.682. The second kappa shape index (κ2) is 10.1. The van der Waals surface area contributed by atoms with Crippen LogP contribution in [-0.4, -0.2) is 37.3 Å². The van der Waals surface area contributed by atoms with E-state index >= 15 is 0 Å². The number of ether oxygens (including phenoxy) is 3. The maximum atomic E-state index is 12.3. The van der Waals surface area contributed by atoms with Crippen LogP contribution in [0.15, 0.2) is 48.5 Å². The highest BCUT2D eigenvalue weighted by molar-refractivity contribution is 5.97. The Hall–Kier alpha value is -2.86. The van der Waals surface area contributed by atoms with Crippen molar-refractivity contribution in [1.29, 1.82) is 0 Å². The van der Waals surface area contributed by atoms with Crippen LogP contribution in [0.1, 0.15) is 42.6 Å². The van der Waals surface area contributed by atoms with E-state index in [1.807, 2.05) is 24.3 Å². The van der Waals surface area contributed by atoms with E-state index < -0.39 is 12.1 Å². The second-order valence-corrected chi connectivity index (χ2v) is 7.06. The van der Waals surface area contributed by atoms with Gasteiger partial charge in [-0.3, -0.25) is 4.79 Å². The van der Waals surface area contributed by atoms with Crippen molar-refractivity contribution in [1.82, 2.24) is 0 Å². The van der Waals surface area contributed by atoms with E-state index in [0.29, 0.717) is 23.6 Å².